The first kappa shape index (κ1) is 14.4. The Bertz CT molecular complexity index is 872. The lowest BCUT2D eigenvalue weighted by molar-refractivity contribution is 0.0691. The Morgan fingerprint density at radius 3 is 2.57 bits per heavy atom. The maximum Gasteiger partial charge on any atom is 0.355 e. The Morgan fingerprint density at radius 1 is 1.09 bits per heavy atom. The number of hydrogen-bond acceptors (Lipinski definition) is 3. The standard InChI is InChI=1S/C19H17NO2S/c21-17(22)16-12-23-18(20-16)19(10-3-4-11-19)15-9-5-7-13-6-1-2-8-14(13)15/h1-2,5-9,12H,3-4,10-11H2,(H,21,22). The Morgan fingerprint density at radius 2 is 1.83 bits per heavy atom. The van der Waals surface area contributed by atoms with Gasteiger partial charge in [-0.3, -0.25) is 0 Å². The molecule has 116 valence electrons. The number of hydrogen-bond donors (Lipinski definition) is 1. The fourth-order valence-electron chi connectivity index (χ4n) is 3.81. The van der Waals surface area contributed by atoms with Gasteiger partial charge < -0.3 is 5.11 Å². The van der Waals surface area contributed by atoms with E-state index < -0.39 is 5.97 Å². The van der Waals surface area contributed by atoms with Crippen LogP contribution in [0.4, 0.5) is 0 Å². The summed E-state index contributed by atoms with van der Waals surface area (Å²) in [6, 6.07) is 14.8. The molecule has 3 nitrogen and oxygen atoms in total. The zero-order chi connectivity index (χ0) is 15.9. The van der Waals surface area contributed by atoms with Crippen LogP contribution < -0.4 is 0 Å². The molecule has 0 radical (unpaired) electrons. The molecule has 3 aromatic rings. The summed E-state index contributed by atoms with van der Waals surface area (Å²) < 4.78 is 0. The zero-order valence-corrected chi connectivity index (χ0v) is 13.5. The number of fused-ring (bicyclic) bond motifs is 1. The van der Waals surface area contributed by atoms with Crippen molar-refractivity contribution in [3.63, 3.8) is 0 Å². The second kappa shape index (κ2) is 5.46. The highest BCUT2D eigenvalue weighted by Crippen LogP contribution is 2.49. The van der Waals surface area contributed by atoms with Crippen molar-refractivity contribution in [1.82, 2.24) is 4.98 Å². The number of benzene rings is 2. The van der Waals surface area contributed by atoms with E-state index in [0.717, 1.165) is 30.7 Å². The number of carboxylic acid groups (broad SMARTS) is 1. The van der Waals surface area contributed by atoms with Crippen molar-refractivity contribution in [2.24, 2.45) is 0 Å². The molecule has 1 N–H and O–H groups in total. The minimum Gasteiger partial charge on any atom is -0.476 e. The molecule has 2 aromatic carbocycles. The van der Waals surface area contributed by atoms with Gasteiger partial charge >= 0.3 is 5.97 Å². The average molecular weight is 323 g/mol. The number of aromatic nitrogens is 1. The molecule has 1 heterocycles. The summed E-state index contributed by atoms with van der Waals surface area (Å²) >= 11 is 1.49. The van der Waals surface area contributed by atoms with Crippen molar-refractivity contribution in [1.29, 1.82) is 0 Å². The summed E-state index contributed by atoms with van der Waals surface area (Å²) in [5, 5.41) is 14.3. The Labute approximate surface area is 138 Å². The van der Waals surface area contributed by atoms with Crippen LogP contribution in [-0.4, -0.2) is 16.1 Å². The summed E-state index contributed by atoms with van der Waals surface area (Å²) in [5.41, 5.74) is 1.31. The summed E-state index contributed by atoms with van der Waals surface area (Å²) in [6.45, 7) is 0. The molecule has 4 rings (SSSR count). The third kappa shape index (κ3) is 2.25. The molecule has 0 unspecified atom stereocenters. The molecule has 0 saturated heterocycles. The first-order valence-electron chi connectivity index (χ1n) is 7.88. The van der Waals surface area contributed by atoms with Gasteiger partial charge in [0.25, 0.3) is 0 Å². The van der Waals surface area contributed by atoms with Crippen molar-refractivity contribution < 1.29 is 9.90 Å². The second-order valence-electron chi connectivity index (χ2n) is 6.16. The lowest BCUT2D eigenvalue weighted by Crippen LogP contribution is -2.24. The molecule has 1 aromatic heterocycles. The largest absolute Gasteiger partial charge is 0.476 e. The normalized spacial score (nSPS) is 16.7. The van der Waals surface area contributed by atoms with Gasteiger partial charge in [0.05, 0.1) is 0 Å². The molecule has 0 amide bonds. The zero-order valence-electron chi connectivity index (χ0n) is 12.7. The van der Waals surface area contributed by atoms with Gasteiger partial charge in [-0.1, -0.05) is 55.3 Å². The molecule has 1 fully saturated rings. The third-order valence-electron chi connectivity index (χ3n) is 4.89. The Hall–Kier alpha value is -2.20. The van der Waals surface area contributed by atoms with E-state index in [4.69, 9.17) is 0 Å². The van der Waals surface area contributed by atoms with Crippen LogP contribution in [0, 0.1) is 0 Å². The van der Waals surface area contributed by atoms with Gasteiger partial charge in [-0.25, -0.2) is 9.78 Å². The first-order valence-corrected chi connectivity index (χ1v) is 8.76. The van der Waals surface area contributed by atoms with Gasteiger partial charge in [0, 0.05) is 10.8 Å². The molecule has 0 spiro atoms. The second-order valence-corrected chi connectivity index (χ2v) is 7.02. The van der Waals surface area contributed by atoms with Crippen LogP contribution in [-0.2, 0) is 5.41 Å². The fraction of sp³-hybridized carbons (Fsp3) is 0.263. The number of carbonyl (C=O) groups is 1. The van der Waals surface area contributed by atoms with E-state index in [1.54, 1.807) is 5.38 Å². The molecule has 0 bridgehead atoms. The lowest BCUT2D eigenvalue weighted by Gasteiger charge is -2.28. The van der Waals surface area contributed by atoms with Gasteiger partial charge in [-0.05, 0) is 29.2 Å². The quantitative estimate of drug-likeness (QED) is 0.749. The van der Waals surface area contributed by atoms with E-state index in [-0.39, 0.29) is 11.1 Å². The summed E-state index contributed by atoms with van der Waals surface area (Å²) in [7, 11) is 0. The predicted molar refractivity (Wildman–Crippen MR) is 92.3 cm³/mol. The summed E-state index contributed by atoms with van der Waals surface area (Å²) in [4.78, 5) is 15.7. The highest BCUT2D eigenvalue weighted by Gasteiger charge is 2.41. The highest BCUT2D eigenvalue weighted by atomic mass is 32.1. The Kier molecular flexibility index (Phi) is 3.42. The van der Waals surface area contributed by atoms with Crippen LogP contribution in [0.25, 0.3) is 10.8 Å². The minimum absolute atomic E-state index is 0.140. The molecule has 1 saturated carbocycles. The van der Waals surface area contributed by atoms with E-state index in [1.807, 2.05) is 0 Å². The van der Waals surface area contributed by atoms with Crippen LogP contribution in [0.2, 0.25) is 0 Å². The van der Waals surface area contributed by atoms with Gasteiger partial charge in [-0.2, -0.15) is 0 Å². The minimum atomic E-state index is -0.946. The highest BCUT2D eigenvalue weighted by molar-refractivity contribution is 7.10. The molecule has 4 heteroatoms. The van der Waals surface area contributed by atoms with E-state index in [9.17, 15) is 9.90 Å². The maximum atomic E-state index is 11.2. The molecular weight excluding hydrogens is 306 g/mol. The monoisotopic (exact) mass is 323 g/mol. The average Bonchev–Trinajstić information content (AvgIpc) is 3.24. The number of aromatic carboxylic acids is 1. The fourth-order valence-corrected chi connectivity index (χ4v) is 4.88. The van der Waals surface area contributed by atoms with E-state index in [2.05, 4.69) is 47.4 Å². The summed E-state index contributed by atoms with van der Waals surface area (Å²) in [5.74, 6) is -0.946. The van der Waals surface area contributed by atoms with Crippen molar-refractivity contribution in [3.8, 4) is 0 Å². The topological polar surface area (TPSA) is 50.2 Å². The lowest BCUT2D eigenvalue weighted by atomic mass is 9.77. The maximum absolute atomic E-state index is 11.2. The van der Waals surface area contributed by atoms with Crippen molar-refractivity contribution in [3.05, 3.63) is 64.1 Å². The molecular formula is C19H17NO2S. The van der Waals surface area contributed by atoms with Crippen LogP contribution in [0.3, 0.4) is 0 Å². The predicted octanol–water partition coefficient (Wildman–Crippen LogP) is 4.85. The molecule has 0 atom stereocenters. The molecule has 1 aliphatic carbocycles. The van der Waals surface area contributed by atoms with Crippen LogP contribution in [0.1, 0.15) is 46.7 Å². The van der Waals surface area contributed by atoms with E-state index in [1.165, 1.54) is 27.7 Å². The molecule has 0 aliphatic heterocycles. The smallest absolute Gasteiger partial charge is 0.355 e. The SMILES string of the molecule is O=C(O)c1csc(C2(c3cccc4ccccc34)CCCC2)n1. The van der Waals surface area contributed by atoms with E-state index in [0.29, 0.717) is 0 Å². The summed E-state index contributed by atoms with van der Waals surface area (Å²) in [6.07, 6.45) is 4.39. The number of rotatable bonds is 3. The van der Waals surface area contributed by atoms with Gasteiger partial charge in [0.15, 0.2) is 5.69 Å². The van der Waals surface area contributed by atoms with Crippen LogP contribution >= 0.6 is 11.3 Å². The molecule has 1 aliphatic rings. The first-order chi connectivity index (χ1) is 11.2. The van der Waals surface area contributed by atoms with Crippen LogP contribution in [0.15, 0.2) is 47.8 Å². The van der Waals surface area contributed by atoms with Gasteiger partial charge in [0.1, 0.15) is 5.01 Å². The third-order valence-corrected chi connectivity index (χ3v) is 5.94. The van der Waals surface area contributed by atoms with Gasteiger partial charge in [-0.15, -0.1) is 11.3 Å². The van der Waals surface area contributed by atoms with E-state index >= 15 is 0 Å². The molecule has 23 heavy (non-hydrogen) atoms. The van der Waals surface area contributed by atoms with Crippen LogP contribution in [0.5, 0.6) is 0 Å². The van der Waals surface area contributed by atoms with Gasteiger partial charge in [0.2, 0.25) is 0 Å². The Balaban J connectivity index is 1.94. The number of carboxylic acids is 1. The van der Waals surface area contributed by atoms with Crippen molar-refractivity contribution >= 4 is 28.1 Å². The van der Waals surface area contributed by atoms with Crippen molar-refractivity contribution in [2.75, 3.05) is 0 Å². The number of nitrogens with zero attached hydrogens (tertiary/aromatic N) is 1. The number of thiazole rings is 1. The van der Waals surface area contributed by atoms with Crippen molar-refractivity contribution in [2.45, 2.75) is 31.1 Å².